The maximum atomic E-state index is 12.8. The minimum Gasteiger partial charge on any atom is -0.462 e. The second-order valence-electron chi connectivity index (χ2n) is 17.8. The lowest BCUT2D eigenvalue weighted by Crippen LogP contribution is -2.30. The van der Waals surface area contributed by atoms with Crippen LogP contribution in [0, 0.1) is 11.8 Å². The second kappa shape index (κ2) is 43.0. The summed E-state index contributed by atoms with van der Waals surface area (Å²) in [6.07, 6.45) is 42.2. The molecule has 0 bridgehead atoms. The lowest BCUT2D eigenvalue weighted by molar-refractivity contribution is -0.167. The highest BCUT2D eigenvalue weighted by Gasteiger charge is 2.19. The number of hydrogen-bond donors (Lipinski definition) is 0. The van der Waals surface area contributed by atoms with Gasteiger partial charge in [-0.3, -0.25) is 14.4 Å². The molecule has 0 heterocycles. The molecule has 0 amide bonds. The summed E-state index contributed by atoms with van der Waals surface area (Å²) in [5.74, 6) is 0.823. The Labute approximate surface area is 348 Å². The van der Waals surface area contributed by atoms with Crippen molar-refractivity contribution in [1.82, 2.24) is 0 Å². The predicted molar refractivity (Wildman–Crippen MR) is 238 cm³/mol. The van der Waals surface area contributed by atoms with Crippen LogP contribution in [0.3, 0.4) is 0 Å². The van der Waals surface area contributed by atoms with E-state index in [0.29, 0.717) is 19.3 Å². The fraction of sp³-hybridized carbons (Fsp3) is 0.940. The van der Waals surface area contributed by atoms with Crippen LogP contribution in [0.1, 0.15) is 272 Å². The maximum Gasteiger partial charge on any atom is 0.306 e. The molecule has 0 N–H and O–H groups in total. The zero-order valence-electron chi connectivity index (χ0n) is 38.3. The lowest BCUT2D eigenvalue weighted by atomic mass is 9.99. The molecule has 0 aliphatic heterocycles. The van der Waals surface area contributed by atoms with Crippen LogP contribution in [0.4, 0.5) is 0 Å². The van der Waals surface area contributed by atoms with Crippen molar-refractivity contribution in [2.45, 2.75) is 278 Å². The number of unbranched alkanes of at least 4 members (excludes halogenated alkanes) is 28. The first-order chi connectivity index (χ1) is 27.3. The first-order valence-electron chi connectivity index (χ1n) is 24.8. The maximum absolute atomic E-state index is 12.8. The van der Waals surface area contributed by atoms with E-state index in [2.05, 4.69) is 34.6 Å². The summed E-state index contributed by atoms with van der Waals surface area (Å²) < 4.78 is 16.8. The van der Waals surface area contributed by atoms with E-state index in [1.54, 1.807) is 0 Å². The van der Waals surface area contributed by atoms with Crippen LogP contribution in [0.15, 0.2) is 0 Å². The van der Waals surface area contributed by atoms with Crippen LogP contribution in [-0.4, -0.2) is 37.2 Å². The summed E-state index contributed by atoms with van der Waals surface area (Å²) in [5.41, 5.74) is 0. The lowest BCUT2D eigenvalue weighted by Gasteiger charge is -2.18. The van der Waals surface area contributed by atoms with E-state index < -0.39 is 6.10 Å². The van der Waals surface area contributed by atoms with E-state index in [4.69, 9.17) is 14.2 Å². The number of carbonyl (C=O) groups is 3. The average molecular weight is 793 g/mol. The topological polar surface area (TPSA) is 78.9 Å². The third-order valence-corrected chi connectivity index (χ3v) is 11.6. The number of hydrogen-bond acceptors (Lipinski definition) is 6. The van der Waals surface area contributed by atoms with E-state index in [-0.39, 0.29) is 31.1 Å². The number of carbonyl (C=O) groups excluding carboxylic acids is 3. The minimum atomic E-state index is -0.761. The van der Waals surface area contributed by atoms with E-state index >= 15 is 0 Å². The highest BCUT2D eigenvalue weighted by Crippen LogP contribution is 2.17. The molecule has 0 aromatic heterocycles. The normalized spacial score (nSPS) is 12.5. The molecule has 0 aliphatic carbocycles. The van der Waals surface area contributed by atoms with Crippen molar-refractivity contribution in [3.63, 3.8) is 0 Å². The molecule has 0 spiro atoms. The molecule has 0 aromatic rings. The largest absolute Gasteiger partial charge is 0.462 e. The average Bonchev–Trinajstić information content (AvgIpc) is 3.18. The van der Waals surface area contributed by atoms with Crippen molar-refractivity contribution in [2.24, 2.45) is 11.8 Å². The number of esters is 3. The Balaban J connectivity index is 4.34. The van der Waals surface area contributed by atoms with Gasteiger partial charge in [-0.1, -0.05) is 234 Å². The zero-order chi connectivity index (χ0) is 41.2. The van der Waals surface area contributed by atoms with Crippen LogP contribution in [0.5, 0.6) is 0 Å². The number of ether oxygens (including phenoxy) is 3. The second-order valence-corrected chi connectivity index (χ2v) is 17.8. The molecule has 6 nitrogen and oxygen atoms in total. The highest BCUT2D eigenvalue weighted by molar-refractivity contribution is 5.71. The van der Waals surface area contributed by atoms with Crippen molar-refractivity contribution >= 4 is 17.9 Å². The van der Waals surface area contributed by atoms with Crippen molar-refractivity contribution in [3.05, 3.63) is 0 Å². The Hall–Kier alpha value is -1.59. The van der Waals surface area contributed by atoms with Crippen LogP contribution in [-0.2, 0) is 28.6 Å². The molecule has 0 radical (unpaired) electrons. The monoisotopic (exact) mass is 793 g/mol. The van der Waals surface area contributed by atoms with Crippen molar-refractivity contribution < 1.29 is 28.6 Å². The minimum absolute atomic E-state index is 0.0643. The third kappa shape index (κ3) is 42.0. The molecule has 0 saturated carbocycles. The molecule has 0 rings (SSSR count). The molecule has 0 aromatic carbocycles. The van der Waals surface area contributed by atoms with Gasteiger partial charge in [0.1, 0.15) is 13.2 Å². The van der Waals surface area contributed by atoms with E-state index in [1.807, 2.05) is 0 Å². The molecular weight excluding hydrogens is 697 g/mol. The summed E-state index contributed by atoms with van der Waals surface area (Å²) in [6, 6.07) is 0. The first kappa shape index (κ1) is 54.4. The van der Waals surface area contributed by atoms with E-state index in [1.165, 1.54) is 161 Å². The molecule has 0 fully saturated rings. The van der Waals surface area contributed by atoms with Crippen molar-refractivity contribution in [1.29, 1.82) is 0 Å². The predicted octanol–water partition coefficient (Wildman–Crippen LogP) is 15.8. The molecule has 6 heteroatoms. The Morgan fingerprint density at radius 2 is 0.679 bits per heavy atom. The van der Waals surface area contributed by atoms with Crippen LogP contribution in [0.25, 0.3) is 0 Å². The molecule has 1 unspecified atom stereocenters. The fourth-order valence-electron chi connectivity index (χ4n) is 7.43. The quantitative estimate of drug-likeness (QED) is 0.0347. The van der Waals surface area contributed by atoms with Crippen LogP contribution >= 0.6 is 0 Å². The van der Waals surface area contributed by atoms with Gasteiger partial charge in [0, 0.05) is 19.3 Å². The first-order valence-corrected chi connectivity index (χ1v) is 24.8. The van der Waals surface area contributed by atoms with Crippen molar-refractivity contribution in [3.8, 4) is 0 Å². The third-order valence-electron chi connectivity index (χ3n) is 11.6. The molecule has 2 atom stereocenters. The fourth-order valence-corrected chi connectivity index (χ4v) is 7.43. The van der Waals surface area contributed by atoms with Gasteiger partial charge in [-0.05, 0) is 31.1 Å². The van der Waals surface area contributed by atoms with Gasteiger partial charge >= 0.3 is 17.9 Å². The van der Waals surface area contributed by atoms with Crippen LogP contribution in [0.2, 0.25) is 0 Å². The summed E-state index contributed by atoms with van der Waals surface area (Å²) >= 11 is 0. The molecule has 0 saturated heterocycles. The molecular formula is C50H96O6. The zero-order valence-corrected chi connectivity index (χ0v) is 38.3. The summed E-state index contributed by atoms with van der Waals surface area (Å²) in [5, 5.41) is 0. The highest BCUT2D eigenvalue weighted by atomic mass is 16.6. The SMILES string of the molecule is CCCCCCCCCCCCCCC(=O)OC[C@@H](COC(=O)CCCCCCCCCCCC(C)C)OC(=O)CCCCCCCCCCCCC(C)CC. The Kier molecular flexibility index (Phi) is 41.8. The van der Waals surface area contributed by atoms with Gasteiger partial charge in [-0.15, -0.1) is 0 Å². The Bertz CT molecular complexity index is 856. The molecule has 0 aliphatic rings. The standard InChI is InChI=1S/C50H96O6/c1-6-8-9-10-11-12-13-14-20-25-30-35-40-48(51)54-43-47(44-55-49(52)41-36-31-26-22-17-18-23-28-33-38-45(3)4)56-50(53)42-37-32-27-21-16-15-19-24-29-34-39-46(5)7-2/h45-47H,6-44H2,1-5H3/t46?,47-/m0/s1. The molecule has 56 heavy (non-hydrogen) atoms. The van der Waals surface area contributed by atoms with Gasteiger partial charge in [0.2, 0.25) is 0 Å². The Morgan fingerprint density at radius 1 is 0.375 bits per heavy atom. The smallest absolute Gasteiger partial charge is 0.306 e. The number of rotatable bonds is 44. The van der Waals surface area contributed by atoms with Crippen molar-refractivity contribution in [2.75, 3.05) is 13.2 Å². The summed E-state index contributed by atoms with van der Waals surface area (Å²) in [7, 11) is 0. The van der Waals surface area contributed by atoms with Crippen LogP contribution < -0.4 is 0 Å². The summed E-state index contributed by atoms with van der Waals surface area (Å²) in [6.45, 7) is 11.4. The van der Waals surface area contributed by atoms with Gasteiger partial charge in [0.05, 0.1) is 0 Å². The van der Waals surface area contributed by atoms with Gasteiger partial charge in [0.25, 0.3) is 0 Å². The van der Waals surface area contributed by atoms with Gasteiger partial charge in [-0.25, -0.2) is 0 Å². The van der Waals surface area contributed by atoms with Gasteiger partial charge in [-0.2, -0.15) is 0 Å². The molecule has 332 valence electrons. The Morgan fingerprint density at radius 3 is 1.02 bits per heavy atom. The summed E-state index contributed by atoms with van der Waals surface area (Å²) in [4.78, 5) is 37.8. The van der Waals surface area contributed by atoms with Gasteiger partial charge in [0.15, 0.2) is 6.10 Å². The van der Waals surface area contributed by atoms with E-state index in [0.717, 1.165) is 69.6 Å². The van der Waals surface area contributed by atoms with E-state index in [9.17, 15) is 14.4 Å². The van der Waals surface area contributed by atoms with Gasteiger partial charge < -0.3 is 14.2 Å².